The minimum atomic E-state index is -1.06. The van der Waals surface area contributed by atoms with Crippen molar-refractivity contribution in [2.24, 2.45) is 0 Å². The number of nitrogens with two attached hydrogens (primary N) is 1. The average molecular weight is 252 g/mol. The molecule has 5 nitrogen and oxygen atoms in total. The van der Waals surface area contributed by atoms with Crippen molar-refractivity contribution in [2.45, 2.75) is 6.92 Å². The van der Waals surface area contributed by atoms with E-state index in [2.05, 4.69) is 5.10 Å². The van der Waals surface area contributed by atoms with Crippen molar-refractivity contribution in [3.63, 3.8) is 0 Å². The summed E-state index contributed by atoms with van der Waals surface area (Å²) in [6.45, 7) is 1.75. The van der Waals surface area contributed by atoms with Crippen molar-refractivity contribution in [1.29, 1.82) is 0 Å². The second-order valence-corrected chi connectivity index (χ2v) is 4.07. The number of hydrogen-bond acceptors (Lipinski definition) is 3. The monoisotopic (exact) mass is 251 g/mol. The van der Waals surface area contributed by atoms with Gasteiger partial charge in [-0.25, -0.2) is 9.48 Å². The highest BCUT2D eigenvalue weighted by molar-refractivity contribution is 6.30. The van der Waals surface area contributed by atoms with E-state index in [0.29, 0.717) is 16.3 Å². The van der Waals surface area contributed by atoms with E-state index in [-0.39, 0.29) is 11.3 Å². The molecule has 0 bridgehead atoms. The molecular weight excluding hydrogens is 242 g/mol. The van der Waals surface area contributed by atoms with Crippen molar-refractivity contribution >= 4 is 23.3 Å². The molecule has 1 aromatic carbocycles. The lowest BCUT2D eigenvalue weighted by molar-refractivity contribution is 0.0698. The first kappa shape index (κ1) is 11.5. The molecule has 2 aromatic rings. The van der Waals surface area contributed by atoms with E-state index in [1.54, 1.807) is 19.2 Å². The van der Waals surface area contributed by atoms with Gasteiger partial charge in [-0.3, -0.25) is 0 Å². The van der Waals surface area contributed by atoms with Gasteiger partial charge in [-0.05, 0) is 24.6 Å². The molecular formula is C11H10ClN3O2. The fraction of sp³-hybridized carbons (Fsp3) is 0.0909. The zero-order valence-electron chi connectivity index (χ0n) is 9.01. The number of anilines is 1. The summed E-state index contributed by atoms with van der Waals surface area (Å²) in [4.78, 5) is 11.0. The Balaban J connectivity index is 2.60. The van der Waals surface area contributed by atoms with E-state index in [4.69, 9.17) is 22.4 Å². The van der Waals surface area contributed by atoms with Crippen molar-refractivity contribution in [2.75, 3.05) is 5.73 Å². The van der Waals surface area contributed by atoms with Crippen molar-refractivity contribution in [3.8, 4) is 5.69 Å². The number of aromatic carboxylic acids is 1. The fourth-order valence-electron chi connectivity index (χ4n) is 1.53. The second-order valence-electron chi connectivity index (χ2n) is 3.63. The molecule has 0 unspecified atom stereocenters. The number of carboxylic acids is 1. The normalized spacial score (nSPS) is 10.5. The van der Waals surface area contributed by atoms with Crippen LogP contribution >= 0.6 is 11.6 Å². The third-order valence-electron chi connectivity index (χ3n) is 2.42. The molecule has 0 saturated heterocycles. The number of aromatic nitrogens is 2. The quantitative estimate of drug-likeness (QED) is 0.801. The third-order valence-corrected chi connectivity index (χ3v) is 2.61. The first-order valence-electron chi connectivity index (χ1n) is 4.83. The molecule has 0 atom stereocenters. The maximum absolute atomic E-state index is 11.0. The molecule has 0 fully saturated rings. The summed E-state index contributed by atoms with van der Waals surface area (Å²) < 4.78 is 1.50. The Morgan fingerprint density at radius 2 is 2.24 bits per heavy atom. The minimum absolute atomic E-state index is 0.0617. The van der Waals surface area contributed by atoms with E-state index in [1.165, 1.54) is 16.9 Å². The molecule has 0 aliphatic carbocycles. The molecule has 3 N–H and O–H groups in total. The molecule has 0 aliphatic rings. The standard InChI is InChI=1S/C11H10ClN3O2/c1-6-2-8(15-5-7(12)4-14-15)3-9(10(6)13)11(16)17/h2-5H,13H2,1H3,(H,16,17). The Labute approximate surface area is 102 Å². The zero-order valence-corrected chi connectivity index (χ0v) is 9.77. The molecule has 0 spiro atoms. The molecule has 0 saturated carbocycles. The smallest absolute Gasteiger partial charge is 0.337 e. The van der Waals surface area contributed by atoms with Crippen LogP contribution in [-0.2, 0) is 0 Å². The predicted octanol–water partition coefficient (Wildman–Crippen LogP) is 2.11. The van der Waals surface area contributed by atoms with Crippen LogP contribution < -0.4 is 5.73 Å². The van der Waals surface area contributed by atoms with Crippen LogP contribution in [-0.4, -0.2) is 20.9 Å². The first-order chi connectivity index (χ1) is 7.99. The second kappa shape index (κ2) is 4.10. The van der Waals surface area contributed by atoms with Crippen LogP contribution in [0.4, 0.5) is 5.69 Å². The maximum Gasteiger partial charge on any atom is 0.337 e. The average Bonchev–Trinajstić information content (AvgIpc) is 2.68. The fourth-order valence-corrected chi connectivity index (χ4v) is 1.67. The third kappa shape index (κ3) is 2.09. The van der Waals surface area contributed by atoms with Gasteiger partial charge in [-0.15, -0.1) is 0 Å². The highest BCUT2D eigenvalue weighted by Crippen LogP contribution is 2.22. The predicted molar refractivity (Wildman–Crippen MR) is 64.7 cm³/mol. The molecule has 0 aliphatic heterocycles. The van der Waals surface area contributed by atoms with Gasteiger partial charge in [0.15, 0.2) is 0 Å². The summed E-state index contributed by atoms with van der Waals surface area (Å²) in [5.41, 5.74) is 7.32. The van der Waals surface area contributed by atoms with Crippen LogP contribution in [0.25, 0.3) is 5.69 Å². The number of carboxylic acid groups (broad SMARTS) is 1. The van der Waals surface area contributed by atoms with Gasteiger partial charge in [-0.1, -0.05) is 11.6 Å². The van der Waals surface area contributed by atoms with E-state index in [1.807, 2.05) is 0 Å². The maximum atomic E-state index is 11.0. The summed E-state index contributed by atoms with van der Waals surface area (Å²) in [5, 5.41) is 13.5. The lowest BCUT2D eigenvalue weighted by Gasteiger charge is -2.08. The lowest BCUT2D eigenvalue weighted by atomic mass is 10.1. The summed E-state index contributed by atoms with van der Waals surface area (Å²) in [5.74, 6) is -1.06. The number of carbonyl (C=O) groups is 1. The topological polar surface area (TPSA) is 81.1 Å². The molecule has 1 aromatic heterocycles. The Morgan fingerprint density at radius 3 is 2.76 bits per heavy atom. The van der Waals surface area contributed by atoms with E-state index in [9.17, 15) is 4.79 Å². The van der Waals surface area contributed by atoms with E-state index in [0.717, 1.165) is 0 Å². The SMILES string of the molecule is Cc1cc(-n2cc(Cl)cn2)cc(C(=O)O)c1N. The highest BCUT2D eigenvalue weighted by atomic mass is 35.5. The van der Waals surface area contributed by atoms with Gasteiger partial charge in [-0.2, -0.15) is 5.10 Å². The molecule has 0 amide bonds. The highest BCUT2D eigenvalue weighted by Gasteiger charge is 2.12. The van der Waals surface area contributed by atoms with Gasteiger partial charge in [0, 0.05) is 11.9 Å². The number of aryl methyl sites for hydroxylation is 1. The number of hydrogen-bond donors (Lipinski definition) is 2. The van der Waals surface area contributed by atoms with Crippen molar-refractivity contribution in [1.82, 2.24) is 9.78 Å². The summed E-state index contributed by atoms with van der Waals surface area (Å²) in [6.07, 6.45) is 3.08. The van der Waals surface area contributed by atoms with Crippen LogP contribution in [0.3, 0.4) is 0 Å². The van der Waals surface area contributed by atoms with Gasteiger partial charge >= 0.3 is 5.97 Å². The van der Waals surface area contributed by atoms with Crippen LogP contribution in [0, 0.1) is 6.92 Å². The van der Waals surface area contributed by atoms with Crippen molar-refractivity contribution < 1.29 is 9.90 Å². The van der Waals surface area contributed by atoms with Crippen LogP contribution in [0.15, 0.2) is 24.5 Å². The molecule has 17 heavy (non-hydrogen) atoms. The van der Waals surface area contributed by atoms with Gasteiger partial charge in [0.1, 0.15) is 0 Å². The molecule has 88 valence electrons. The van der Waals surface area contributed by atoms with E-state index < -0.39 is 5.97 Å². The number of nitrogen functional groups attached to an aromatic ring is 1. The number of halogens is 1. The summed E-state index contributed by atoms with van der Waals surface area (Å²) >= 11 is 5.76. The van der Waals surface area contributed by atoms with Crippen LogP contribution in [0.1, 0.15) is 15.9 Å². The van der Waals surface area contributed by atoms with Gasteiger partial charge in [0.2, 0.25) is 0 Å². The molecule has 0 radical (unpaired) electrons. The minimum Gasteiger partial charge on any atom is -0.478 e. The Hall–Kier alpha value is -2.01. The Kier molecular flexibility index (Phi) is 2.77. The first-order valence-corrected chi connectivity index (χ1v) is 5.21. The Bertz CT molecular complexity index is 592. The number of benzene rings is 1. The summed E-state index contributed by atoms with van der Waals surface area (Å²) in [7, 11) is 0. The summed E-state index contributed by atoms with van der Waals surface area (Å²) in [6, 6.07) is 3.22. The van der Waals surface area contributed by atoms with Crippen molar-refractivity contribution in [3.05, 3.63) is 40.7 Å². The largest absolute Gasteiger partial charge is 0.478 e. The van der Waals surface area contributed by atoms with Gasteiger partial charge in [0.05, 0.1) is 22.5 Å². The van der Waals surface area contributed by atoms with Gasteiger partial charge in [0.25, 0.3) is 0 Å². The lowest BCUT2D eigenvalue weighted by Crippen LogP contribution is -2.07. The zero-order chi connectivity index (χ0) is 12.6. The molecule has 1 heterocycles. The Morgan fingerprint density at radius 1 is 1.53 bits per heavy atom. The van der Waals surface area contributed by atoms with Crippen LogP contribution in [0.2, 0.25) is 5.02 Å². The van der Waals surface area contributed by atoms with Crippen LogP contribution in [0.5, 0.6) is 0 Å². The van der Waals surface area contributed by atoms with E-state index >= 15 is 0 Å². The number of rotatable bonds is 2. The van der Waals surface area contributed by atoms with Gasteiger partial charge < -0.3 is 10.8 Å². The molecule has 6 heteroatoms. The number of nitrogens with zero attached hydrogens (tertiary/aromatic N) is 2. The molecule has 2 rings (SSSR count).